The van der Waals surface area contributed by atoms with Crippen LogP contribution >= 0.6 is 0 Å². The fourth-order valence-corrected chi connectivity index (χ4v) is 3.08. The van der Waals surface area contributed by atoms with Crippen molar-refractivity contribution >= 4 is 5.91 Å². The van der Waals surface area contributed by atoms with Crippen LogP contribution in [0, 0.1) is 0 Å². The molecule has 1 atom stereocenters. The van der Waals surface area contributed by atoms with E-state index >= 15 is 0 Å². The Balaban J connectivity index is 1.60. The zero-order chi connectivity index (χ0) is 17.2. The summed E-state index contributed by atoms with van der Waals surface area (Å²) in [5, 5.41) is 7.43. The topological polar surface area (TPSA) is 106 Å². The first kappa shape index (κ1) is 15.3. The van der Waals surface area contributed by atoms with Gasteiger partial charge in [-0.25, -0.2) is 14.6 Å². The molecule has 3 aromatic heterocycles. The Morgan fingerprint density at radius 2 is 2.20 bits per heavy atom. The molecule has 8 heteroatoms. The number of aromatic amines is 1. The van der Waals surface area contributed by atoms with Gasteiger partial charge in [-0.3, -0.25) is 9.59 Å². The van der Waals surface area contributed by atoms with Crippen LogP contribution in [0.1, 0.15) is 40.6 Å². The van der Waals surface area contributed by atoms with E-state index in [1.54, 1.807) is 12.4 Å². The van der Waals surface area contributed by atoms with Crippen LogP contribution in [-0.4, -0.2) is 30.6 Å². The highest BCUT2D eigenvalue weighted by molar-refractivity contribution is 5.92. The maximum Gasteiger partial charge on any atom is 0.271 e. The molecule has 0 aromatic carbocycles. The lowest BCUT2D eigenvalue weighted by atomic mass is 9.93. The molecule has 0 radical (unpaired) electrons. The summed E-state index contributed by atoms with van der Waals surface area (Å²) in [5.74, 6) is 0.442. The summed E-state index contributed by atoms with van der Waals surface area (Å²) in [6.07, 6.45) is 8.58. The third-order valence-electron chi connectivity index (χ3n) is 4.26. The van der Waals surface area contributed by atoms with Gasteiger partial charge in [0, 0.05) is 18.0 Å². The van der Waals surface area contributed by atoms with Crippen LogP contribution in [-0.2, 0) is 6.42 Å². The lowest BCUT2D eigenvalue weighted by Gasteiger charge is -2.23. The van der Waals surface area contributed by atoms with Gasteiger partial charge in [0.1, 0.15) is 5.69 Å². The van der Waals surface area contributed by atoms with E-state index in [0.29, 0.717) is 0 Å². The normalized spacial score (nSPS) is 16.2. The zero-order valence-electron chi connectivity index (χ0n) is 13.3. The number of fused-ring (bicyclic) bond motifs is 1. The third kappa shape index (κ3) is 2.93. The molecule has 0 aliphatic heterocycles. The number of carbonyl (C=O) groups is 1. The van der Waals surface area contributed by atoms with Crippen molar-refractivity contribution in [3.63, 3.8) is 0 Å². The van der Waals surface area contributed by atoms with E-state index in [4.69, 9.17) is 0 Å². The fourth-order valence-electron chi connectivity index (χ4n) is 3.08. The number of H-pyrrole nitrogens is 1. The lowest BCUT2D eigenvalue weighted by molar-refractivity contribution is 0.0927. The number of hydrogen-bond acceptors (Lipinski definition) is 5. The minimum atomic E-state index is -0.340. The first-order chi connectivity index (χ1) is 12.2. The molecule has 2 N–H and O–H groups in total. The van der Waals surface area contributed by atoms with Crippen LogP contribution in [0.25, 0.3) is 5.82 Å². The summed E-state index contributed by atoms with van der Waals surface area (Å²) in [6, 6.07) is 5.54. The molecule has 126 valence electrons. The predicted molar refractivity (Wildman–Crippen MR) is 89.4 cm³/mol. The first-order valence-corrected chi connectivity index (χ1v) is 8.06. The number of hydrogen-bond donors (Lipinski definition) is 2. The monoisotopic (exact) mass is 336 g/mol. The van der Waals surface area contributed by atoms with Crippen molar-refractivity contribution in [3.05, 3.63) is 70.3 Å². The van der Waals surface area contributed by atoms with Crippen molar-refractivity contribution in [2.24, 2.45) is 0 Å². The zero-order valence-corrected chi connectivity index (χ0v) is 13.3. The lowest BCUT2D eigenvalue weighted by Crippen LogP contribution is -2.32. The average molecular weight is 336 g/mol. The second kappa shape index (κ2) is 6.31. The Kier molecular flexibility index (Phi) is 3.85. The Hall–Kier alpha value is -3.29. The van der Waals surface area contributed by atoms with E-state index in [-0.39, 0.29) is 23.2 Å². The first-order valence-electron chi connectivity index (χ1n) is 8.06. The molecule has 1 aliphatic rings. The van der Waals surface area contributed by atoms with Crippen LogP contribution in [0.15, 0.2) is 47.8 Å². The van der Waals surface area contributed by atoms with Crippen LogP contribution in [0.4, 0.5) is 0 Å². The molecule has 1 aliphatic carbocycles. The summed E-state index contributed by atoms with van der Waals surface area (Å²) in [4.78, 5) is 34.1. The number of amides is 1. The predicted octanol–water partition coefficient (Wildman–Crippen LogP) is 1.16. The van der Waals surface area contributed by atoms with Crippen molar-refractivity contribution in [1.29, 1.82) is 0 Å². The van der Waals surface area contributed by atoms with Crippen LogP contribution in [0.2, 0.25) is 0 Å². The quantitative estimate of drug-likeness (QED) is 0.746. The summed E-state index contributed by atoms with van der Waals surface area (Å²) in [7, 11) is 0. The van der Waals surface area contributed by atoms with Crippen molar-refractivity contribution in [2.75, 3.05) is 0 Å². The molecular formula is C17H16N6O2. The second-order valence-corrected chi connectivity index (χ2v) is 5.86. The average Bonchev–Trinajstić information content (AvgIpc) is 3.08. The number of nitrogens with one attached hydrogen (secondary N) is 2. The number of pyridine rings is 1. The van der Waals surface area contributed by atoms with Crippen molar-refractivity contribution in [1.82, 2.24) is 30.0 Å². The smallest absolute Gasteiger partial charge is 0.271 e. The van der Waals surface area contributed by atoms with Crippen molar-refractivity contribution in [2.45, 2.75) is 25.3 Å². The Bertz CT molecular complexity index is 942. The molecule has 0 saturated heterocycles. The van der Waals surface area contributed by atoms with Crippen molar-refractivity contribution in [3.8, 4) is 5.82 Å². The van der Waals surface area contributed by atoms with Gasteiger partial charge in [-0.2, -0.15) is 5.10 Å². The molecule has 0 saturated carbocycles. The van der Waals surface area contributed by atoms with Crippen LogP contribution in [0.3, 0.4) is 0 Å². The van der Waals surface area contributed by atoms with E-state index in [9.17, 15) is 9.59 Å². The van der Waals surface area contributed by atoms with Gasteiger partial charge < -0.3 is 10.3 Å². The Morgan fingerprint density at radius 3 is 2.96 bits per heavy atom. The maximum absolute atomic E-state index is 12.4. The highest BCUT2D eigenvalue weighted by atomic mass is 16.2. The summed E-state index contributed by atoms with van der Waals surface area (Å²) in [6.45, 7) is 0. The molecule has 8 nitrogen and oxygen atoms in total. The second-order valence-electron chi connectivity index (χ2n) is 5.86. The molecule has 4 rings (SSSR count). The van der Waals surface area contributed by atoms with Crippen LogP contribution < -0.4 is 10.9 Å². The van der Waals surface area contributed by atoms with E-state index < -0.39 is 0 Å². The molecular weight excluding hydrogens is 320 g/mol. The van der Waals surface area contributed by atoms with Crippen molar-refractivity contribution < 1.29 is 4.79 Å². The van der Waals surface area contributed by atoms with Gasteiger partial charge in [0.2, 0.25) is 0 Å². The van der Waals surface area contributed by atoms with Gasteiger partial charge in [0.25, 0.3) is 11.5 Å². The highest BCUT2D eigenvalue weighted by Crippen LogP contribution is 2.30. The largest absolute Gasteiger partial charge is 0.344 e. The van der Waals surface area contributed by atoms with Gasteiger partial charge in [-0.05, 0) is 31.4 Å². The Morgan fingerprint density at radius 1 is 1.28 bits per heavy atom. The molecule has 0 spiro atoms. The minimum Gasteiger partial charge on any atom is -0.344 e. The molecule has 0 fully saturated rings. The van der Waals surface area contributed by atoms with E-state index in [0.717, 1.165) is 42.5 Å². The molecule has 0 unspecified atom stereocenters. The van der Waals surface area contributed by atoms with Gasteiger partial charge >= 0.3 is 0 Å². The van der Waals surface area contributed by atoms with E-state index in [2.05, 4.69) is 25.4 Å². The summed E-state index contributed by atoms with van der Waals surface area (Å²) < 4.78 is 1.83. The molecule has 3 heterocycles. The minimum absolute atomic E-state index is 0.137. The Labute approximate surface area is 143 Å². The third-order valence-corrected chi connectivity index (χ3v) is 4.26. The molecule has 25 heavy (non-hydrogen) atoms. The number of rotatable bonds is 3. The number of aromatic nitrogens is 5. The van der Waals surface area contributed by atoms with Gasteiger partial charge in [-0.1, -0.05) is 6.07 Å². The fraction of sp³-hybridized carbons (Fsp3) is 0.235. The number of carbonyl (C=O) groups excluding carboxylic acids is 1. The number of nitrogens with zero attached hydrogens (tertiary/aromatic N) is 4. The molecule has 3 aromatic rings. The van der Waals surface area contributed by atoms with Gasteiger partial charge in [-0.15, -0.1) is 0 Å². The SMILES string of the molecule is O=C(N[C@H]1CCCc2c1cnn2-c1ccccn1)c1c[nH]c(=O)cn1. The van der Waals surface area contributed by atoms with Gasteiger partial charge in [0.15, 0.2) is 5.82 Å². The highest BCUT2D eigenvalue weighted by Gasteiger charge is 2.26. The van der Waals surface area contributed by atoms with Crippen LogP contribution in [0.5, 0.6) is 0 Å². The van der Waals surface area contributed by atoms with E-state index in [1.165, 1.54) is 6.20 Å². The van der Waals surface area contributed by atoms with Gasteiger partial charge in [0.05, 0.1) is 24.1 Å². The van der Waals surface area contributed by atoms with E-state index in [1.807, 2.05) is 22.9 Å². The standard InChI is InChI=1S/C17H16N6O2/c24-16-10-19-13(9-20-16)17(25)22-12-4-3-5-14-11(12)8-21-23(14)15-6-1-2-7-18-15/h1-2,6-10,12H,3-5H2,(H,20,24)(H,22,25)/t12-/m0/s1. The molecule has 1 amide bonds. The maximum atomic E-state index is 12.4. The molecule has 0 bridgehead atoms. The summed E-state index contributed by atoms with van der Waals surface area (Å²) >= 11 is 0. The summed E-state index contributed by atoms with van der Waals surface area (Å²) in [5.41, 5.74) is 1.90.